The molecule has 1 aliphatic heterocycles. The average molecular weight is 161 g/mol. The van der Waals surface area contributed by atoms with Crippen LogP contribution in [0.4, 0.5) is 0 Å². The highest BCUT2D eigenvalue weighted by Gasteiger charge is 2.25. The summed E-state index contributed by atoms with van der Waals surface area (Å²) in [6, 6.07) is 0. The molecule has 1 radical (unpaired) electrons. The van der Waals surface area contributed by atoms with Crippen LogP contribution in [0.15, 0.2) is 0 Å². The Morgan fingerprint density at radius 1 is 1.60 bits per heavy atom. The lowest BCUT2D eigenvalue weighted by atomic mass is 10.5. The standard InChI is InChI=1S/C5H9N2O2S/c1-5(6)7-2-3-10(8,9)4-7/h6H,1-4H2. The molecule has 1 heterocycles. The van der Waals surface area contributed by atoms with Crippen molar-refractivity contribution in [3.05, 3.63) is 6.92 Å². The second-order valence-electron chi connectivity index (χ2n) is 2.29. The van der Waals surface area contributed by atoms with Gasteiger partial charge in [-0.25, -0.2) is 8.42 Å². The van der Waals surface area contributed by atoms with Gasteiger partial charge in [0.05, 0.1) is 11.6 Å². The highest BCUT2D eigenvalue weighted by molar-refractivity contribution is 7.91. The van der Waals surface area contributed by atoms with Crippen LogP contribution in [0.5, 0.6) is 0 Å². The van der Waals surface area contributed by atoms with Gasteiger partial charge in [-0.2, -0.15) is 0 Å². The van der Waals surface area contributed by atoms with Gasteiger partial charge in [0.25, 0.3) is 0 Å². The topological polar surface area (TPSA) is 61.2 Å². The van der Waals surface area contributed by atoms with E-state index in [1.54, 1.807) is 0 Å². The molecule has 57 valence electrons. The zero-order valence-corrected chi connectivity index (χ0v) is 6.32. The summed E-state index contributed by atoms with van der Waals surface area (Å²) < 4.78 is 21.6. The van der Waals surface area contributed by atoms with Crippen molar-refractivity contribution in [3.8, 4) is 0 Å². The van der Waals surface area contributed by atoms with Gasteiger partial charge in [-0.3, -0.25) is 5.41 Å². The quantitative estimate of drug-likeness (QED) is 0.384. The first-order chi connectivity index (χ1) is 4.51. The molecule has 0 atom stereocenters. The van der Waals surface area contributed by atoms with Crippen LogP contribution in [0, 0.1) is 12.3 Å². The zero-order chi connectivity index (χ0) is 7.78. The fourth-order valence-electron chi connectivity index (χ4n) is 0.829. The molecule has 10 heavy (non-hydrogen) atoms. The Morgan fingerprint density at radius 3 is 2.40 bits per heavy atom. The summed E-state index contributed by atoms with van der Waals surface area (Å²) in [5.41, 5.74) is 0. The van der Waals surface area contributed by atoms with E-state index in [2.05, 4.69) is 6.92 Å². The van der Waals surface area contributed by atoms with Gasteiger partial charge in [-0.1, -0.05) is 0 Å². The molecule has 4 nitrogen and oxygen atoms in total. The lowest BCUT2D eigenvalue weighted by Crippen LogP contribution is -2.25. The molecule has 0 aliphatic carbocycles. The van der Waals surface area contributed by atoms with Crippen LogP contribution in [0.3, 0.4) is 0 Å². The maximum absolute atomic E-state index is 10.8. The predicted molar refractivity (Wildman–Crippen MR) is 38.4 cm³/mol. The Labute approximate surface area is 60.3 Å². The summed E-state index contributed by atoms with van der Waals surface area (Å²) >= 11 is 0. The first kappa shape index (κ1) is 7.53. The van der Waals surface area contributed by atoms with Crippen LogP contribution in [0.2, 0.25) is 0 Å². The summed E-state index contributed by atoms with van der Waals surface area (Å²) in [5, 5.41) is 7.02. The molecule has 1 N–H and O–H groups in total. The largest absolute Gasteiger partial charge is 0.345 e. The van der Waals surface area contributed by atoms with E-state index in [-0.39, 0.29) is 17.5 Å². The van der Waals surface area contributed by atoms with Gasteiger partial charge < -0.3 is 4.90 Å². The van der Waals surface area contributed by atoms with E-state index < -0.39 is 9.84 Å². The molecule has 0 spiro atoms. The summed E-state index contributed by atoms with van der Waals surface area (Å²) in [6.07, 6.45) is 0. The van der Waals surface area contributed by atoms with Gasteiger partial charge in [0.2, 0.25) is 0 Å². The molecule has 0 amide bonds. The number of nitrogens with one attached hydrogen (secondary N) is 1. The van der Waals surface area contributed by atoms with E-state index in [1.165, 1.54) is 4.90 Å². The van der Waals surface area contributed by atoms with Gasteiger partial charge in [0, 0.05) is 13.5 Å². The second-order valence-corrected chi connectivity index (χ2v) is 4.44. The normalized spacial score (nSPS) is 23.1. The number of nitrogens with zero attached hydrogens (tertiary/aromatic N) is 1. The van der Waals surface area contributed by atoms with Gasteiger partial charge in [0.1, 0.15) is 5.88 Å². The van der Waals surface area contributed by atoms with Crippen molar-refractivity contribution < 1.29 is 8.42 Å². The Morgan fingerprint density at radius 2 is 2.20 bits per heavy atom. The van der Waals surface area contributed by atoms with Crippen molar-refractivity contribution in [3.63, 3.8) is 0 Å². The van der Waals surface area contributed by atoms with Gasteiger partial charge in [0.15, 0.2) is 9.84 Å². The minimum Gasteiger partial charge on any atom is -0.345 e. The first-order valence-electron chi connectivity index (χ1n) is 2.87. The Balaban J connectivity index is 2.69. The zero-order valence-electron chi connectivity index (χ0n) is 5.50. The third-order valence-corrected chi connectivity index (χ3v) is 2.92. The van der Waals surface area contributed by atoms with Crippen LogP contribution in [0.25, 0.3) is 0 Å². The summed E-state index contributed by atoms with van der Waals surface area (Å²) in [6.45, 7) is 3.75. The Hall–Kier alpha value is -0.580. The fourth-order valence-corrected chi connectivity index (χ4v) is 2.22. The van der Waals surface area contributed by atoms with Crippen molar-refractivity contribution in [1.29, 1.82) is 5.41 Å². The number of hydrogen-bond donors (Lipinski definition) is 1. The molecule has 1 saturated heterocycles. The SMILES string of the molecule is [CH2]C(=N)N1CCS(=O)(=O)C1. The molecule has 0 aromatic rings. The maximum atomic E-state index is 10.8. The van der Waals surface area contributed by atoms with Crippen LogP contribution in [-0.2, 0) is 9.84 Å². The lowest BCUT2D eigenvalue weighted by molar-refractivity contribution is 0.533. The number of amidine groups is 1. The van der Waals surface area contributed by atoms with Crippen molar-refractivity contribution in [2.45, 2.75) is 0 Å². The second kappa shape index (κ2) is 2.23. The minimum absolute atomic E-state index is 0.0324. The highest BCUT2D eigenvalue weighted by Crippen LogP contribution is 2.06. The highest BCUT2D eigenvalue weighted by atomic mass is 32.2. The van der Waals surface area contributed by atoms with E-state index in [9.17, 15) is 8.42 Å². The molecule has 0 saturated carbocycles. The number of sulfone groups is 1. The molecular formula is C5H9N2O2S. The van der Waals surface area contributed by atoms with Gasteiger partial charge in [-0.15, -0.1) is 0 Å². The molecule has 1 aliphatic rings. The van der Waals surface area contributed by atoms with E-state index in [4.69, 9.17) is 5.41 Å². The third kappa shape index (κ3) is 1.47. The number of hydrogen-bond acceptors (Lipinski definition) is 3. The molecule has 5 heteroatoms. The molecule has 0 bridgehead atoms. The summed E-state index contributed by atoms with van der Waals surface area (Å²) in [5.74, 6) is 0.210. The molecular weight excluding hydrogens is 152 g/mol. The third-order valence-electron chi connectivity index (χ3n) is 1.41. The summed E-state index contributed by atoms with van der Waals surface area (Å²) in [7, 11) is -2.90. The number of rotatable bonds is 0. The maximum Gasteiger partial charge on any atom is 0.170 e. The molecule has 0 unspecified atom stereocenters. The molecule has 0 aromatic heterocycles. The van der Waals surface area contributed by atoms with Crippen molar-refractivity contribution in [1.82, 2.24) is 4.90 Å². The van der Waals surface area contributed by atoms with Crippen molar-refractivity contribution in [2.24, 2.45) is 0 Å². The Bertz CT molecular complexity index is 244. The van der Waals surface area contributed by atoms with E-state index in [0.717, 1.165) is 0 Å². The minimum atomic E-state index is -2.90. The lowest BCUT2D eigenvalue weighted by Gasteiger charge is -2.11. The monoisotopic (exact) mass is 161 g/mol. The van der Waals surface area contributed by atoms with Gasteiger partial charge >= 0.3 is 0 Å². The fraction of sp³-hybridized carbons (Fsp3) is 0.600. The van der Waals surface area contributed by atoms with Crippen LogP contribution >= 0.6 is 0 Å². The Kier molecular flexibility index (Phi) is 1.68. The smallest absolute Gasteiger partial charge is 0.170 e. The van der Waals surface area contributed by atoms with Crippen LogP contribution < -0.4 is 0 Å². The van der Waals surface area contributed by atoms with E-state index in [0.29, 0.717) is 6.54 Å². The molecule has 0 aromatic carbocycles. The van der Waals surface area contributed by atoms with E-state index in [1.807, 2.05) is 0 Å². The van der Waals surface area contributed by atoms with Crippen molar-refractivity contribution in [2.75, 3.05) is 18.2 Å². The average Bonchev–Trinajstić information content (AvgIpc) is 2.10. The predicted octanol–water partition coefficient (Wildman–Crippen LogP) is -0.514. The molecule has 1 rings (SSSR count). The van der Waals surface area contributed by atoms with Crippen LogP contribution in [-0.4, -0.2) is 37.3 Å². The van der Waals surface area contributed by atoms with E-state index >= 15 is 0 Å². The first-order valence-corrected chi connectivity index (χ1v) is 4.69. The molecule has 1 fully saturated rings. The van der Waals surface area contributed by atoms with Crippen molar-refractivity contribution >= 4 is 15.7 Å². The van der Waals surface area contributed by atoms with Gasteiger partial charge in [-0.05, 0) is 0 Å². The van der Waals surface area contributed by atoms with Crippen LogP contribution in [0.1, 0.15) is 0 Å². The summed E-state index contributed by atoms with van der Waals surface area (Å²) in [4.78, 5) is 1.44.